The van der Waals surface area contributed by atoms with Gasteiger partial charge in [-0.2, -0.15) is 5.10 Å². The lowest BCUT2D eigenvalue weighted by molar-refractivity contribution is 0.127. The molecule has 9 nitrogen and oxygen atoms in total. The Balaban J connectivity index is 1.62. The summed E-state index contributed by atoms with van der Waals surface area (Å²) in [6, 6.07) is 5.45. The lowest BCUT2D eigenvalue weighted by atomic mass is 10.1. The molecule has 0 spiro atoms. The number of nitrogens with zero attached hydrogens (tertiary/aromatic N) is 3. The molecule has 3 aromatic rings. The SMILES string of the molecule is COc1cc(Cn2cccn2)cc2onc(NS(=O)(=O)CC3CCCO3)c12. The Labute approximate surface area is 156 Å². The molecule has 0 saturated carbocycles. The van der Waals surface area contributed by atoms with E-state index in [9.17, 15) is 8.42 Å². The number of nitrogens with one attached hydrogen (secondary N) is 1. The van der Waals surface area contributed by atoms with E-state index in [1.165, 1.54) is 7.11 Å². The van der Waals surface area contributed by atoms with Gasteiger partial charge in [0.05, 0.1) is 25.5 Å². The number of methoxy groups -OCH3 is 1. The van der Waals surface area contributed by atoms with Gasteiger partial charge in [0.1, 0.15) is 11.1 Å². The first kappa shape index (κ1) is 17.8. The lowest BCUT2D eigenvalue weighted by Gasteiger charge is -2.11. The molecule has 2 aromatic heterocycles. The van der Waals surface area contributed by atoms with E-state index in [1.54, 1.807) is 16.9 Å². The maximum absolute atomic E-state index is 12.5. The van der Waals surface area contributed by atoms with E-state index in [1.807, 2.05) is 18.3 Å². The third-order valence-electron chi connectivity index (χ3n) is 4.40. The smallest absolute Gasteiger partial charge is 0.236 e. The molecule has 1 saturated heterocycles. The zero-order chi connectivity index (χ0) is 18.9. The van der Waals surface area contributed by atoms with Gasteiger partial charge in [0.2, 0.25) is 10.0 Å². The quantitative estimate of drug-likeness (QED) is 0.655. The Bertz CT molecular complexity index is 1020. The van der Waals surface area contributed by atoms with Crippen molar-refractivity contribution in [3.8, 4) is 5.75 Å². The van der Waals surface area contributed by atoms with Crippen LogP contribution in [0.4, 0.5) is 5.82 Å². The van der Waals surface area contributed by atoms with E-state index in [-0.39, 0.29) is 17.7 Å². The molecular weight excluding hydrogens is 372 g/mol. The van der Waals surface area contributed by atoms with Crippen molar-refractivity contribution in [2.45, 2.75) is 25.5 Å². The summed E-state index contributed by atoms with van der Waals surface area (Å²) in [5.74, 6) is 0.484. The predicted molar refractivity (Wildman–Crippen MR) is 98.3 cm³/mol. The lowest BCUT2D eigenvalue weighted by Crippen LogP contribution is -2.25. The molecule has 10 heteroatoms. The second-order valence-corrected chi connectivity index (χ2v) is 8.19. The van der Waals surface area contributed by atoms with Gasteiger partial charge in [0.15, 0.2) is 11.4 Å². The van der Waals surface area contributed by atoms with Gasteiger partial charge < -0.3 is 14.0 Å². The third-order valence-corrected chi connectivity index (χ3v) is 5.72. The summed E-state index contributed by atoms with van der Waals surface area (Å²) in [6.45, 7) is 1.13. The van der Waals surface area contributed by atoms with Crippen LogP contribution in [0.25, 0.3) is 11.0 Å². The summed E-state index contributed by atoms with van der Waals surface area (Å²) in [4.78, 5) is 0. The first-order valence-electron chi connectivity index (χ1n) is 8.60. The highest BCUT2D eigenvalue weighted by molar-refractivity contribution is 7.92. The second-order valence-electron chi connectivity index (χ2n) is 6.42. The molecule has 4 rings (SSSR count). The summed E-state index contributed by atoms with van der Waals surface area (Å²) in [5.41, 5.74) is 1.33. The Morgan fingerprint density at radius 2 is 2.30 bits per heavy atom. The number of aromatic nitrogens is 3. The van der Waals surface area contributed by atoms with Crippen LogP contribution in [0, 0.1) is 0 Å². The summed E-state index contributed by atoms with van der Waals surface area (Å²) in [7, 11) is -2.10. The molecule has 1 atom stereocenters. The monoisotopic (exact) mass is 392 g/mol. The van der Waals surface area contributed by atoms with Crippen molar-refractivity contribution in [3.63, 3.8) is 0 Å². The average molecular weight is 392 g/mol. The van der Waals surface area contributed by atoms with E-state index in [4.69, 9.17) is 14.0 Å². The van der Waals surface area contributed by atoms with Crippen LogP contribution in [0.15, 0.2) is 35.1 Å². The molecule has 1 N–H and O–H groups in total. The zero-order valence-corrected chi connectivity index (χ0v) is 15.6. The Morgan fingerprint density at radius 3 is 3.00 bits per heavy atom. The van der Waals surface area contributed by atoms with Gasteiger partial charge in [-0.05, 0) is 36.6 Å². The van der Waals surface area contributed by atoms with E-state index in [0.717, 1.165) is 18.4 Å². The second kappa shape index (κ2) is 7.20. The van der Waals surface area contributed by atoms with E-state index in [0.29, 0.717) is 29.9 Å². The minimum absolute atomic E-state index is 0.110. The van der Waals surface area contributed by atoms with Crippen molar-refractivity contribution in [3.05, 3.63) is 36.2 Å². The number of benzene rings is 1. The molecule has 0 aliphatic carbocycles. The van der Waals surface area contributed by atoms with Gasteiger partial charge >= 0.3 is 0 Å². The highest BCUT2D eigenvalue weighted by atomic mass is 32.2. The summed E-state index contributed by atoms with van der Waals surface area (Å²) in [5, 5.41) is 8.55. The molecule has 27 heavy (non-hydrogen) atoms. The highest BCUT2D eigenvalue weighted by Gasteiger charge is 2.26. The summed E-state index contributed by atoms with van der Waals surface area (Å²) in [6.07, 6.45) is 4.87. The highest BCUT2D eigenvalue weighted by Crippen LogP contribution is 2.34. The summed E-state index contributed by atoms with van der Waals surface area (Å²) >= 11 is 0. The molecule has 0 amide bonds. The third kappa shape index (κ3) is 3.91. The molecule has 1 fully saturated rings. The Morgan fingerprint density at radius 1 is 1.41 bits per heavy atom. The number of rotatable bonds is 7. The molecule has 1 aliphatic rings. The number of anilines is 1. The van der Waals surface area contributed by atoms with Gasteiger partial charge in [-0.25, -0.2) is 8.42 Å². The molecule has 1 aliphatic heterocycles. The van der Waals surface area contributed by atoms with E-state index >= 15 is 0 Å². The predicted octanol–water partition coefficient (Wildman–Crippen LogP) is 2.00. The van der Waals surface area contributed by atoms with Gasteiger partial charge in [-0.3, -0.25) is 9.40 Å². The Kier molecular flexibility index (Phi) is 4.75. The number of sulfonamides is 1. The Hall–Kier alpha value is -2.59. The van der Waals surface area contributed by atoms with Crippen LogP contribution in [-0.4, -0.2) is 48.9 Å². The number of hydrogen-bond donors (Lipinski definition) is 1. The number of hydrogen-bond acceptors (Lipinski definition) is 7. The topological polar surface area (TPSA) is 108 Å². The van der Waals surface area contributed by atoms with Crippen LogP contribution in [0.5, 0.6) is 5.75 Å². The van der Waals surface area contributed by atoms with Crippen LogP contribution >= 0.6 is 0 Å². The first-order valence-corrected chi connectivity index (χ1v) is 10.2. The fourth-order valence-corrected chi connectivity index (χ4v) is 4.47. The zero-order valence-electron chi connectivity index (χ0n) is 14.8. The maximum atomic E-state index is 12.5. The molecule has 3 heterocycles. The normalized spacial score (nSPS) is 17.4. The first-order chi connectivity index (χ1) is 13.0. The molecule has 1 unspecified atom stereocenters. The van der Waals surface area contributed by atoms with Crippen LogP contribution in [0.1, 0.15) is 18.4 Å². The molecule has 0 radical (unpaired) electrons. The molecule has 0 bridgehead atoms. The van der Waals surface area contributed by atoms with E-state index in [2.05, 4.69) is 15.0 Å². The van der Waals surface area contributed by atoms with Crippen molar-refractivity contribution < 1.29 is 22.4 Å². The van der Waals surface area contributed by atoms with Crippen molar-refractivity contribution in [1.82, 2.24) is 14.9 Å². The summed E-state index contributed by atoms with van der Waals surface area (Å²) < 4.78 is 45.4. The minimum atomic E-state index is -3.62. The average Bonchev–Trinajstić information content (AvgIpc) is 3.37. The number of ether oxygens (including phenoxy) is 2. The van der Waals surface area contributed by atoms with Crippen molar-refractivity contribution >= 4 is 26.8 Å². The van der Waals surface area contributed by atoms with Crippen LogP contribution in [-0.2, 0) is 21.3 Å². The van der Waals surface area contributed by atoms with Gasteiger partial charge in [0, 0.05) is 19.0 Å². The van der Waals surface area contributed by atoms with E-state index < -0.39 is 10.0 Å². The van der Waals surface area contributed by atoms with Gasteiger partial charge in [0.25, 0.3) is 0 Å². The molecule has 144 valence electrons. The van der Waals surface area contributed by atoms with Crippen molar-refractivity contribution in [2.24, 2.45) is 0 Å². The van der Waals surface area contributed by atoms with Crippen LogP contribution in [0.3, 0.4) is 0 Å². The van der Waals surface area contributed by atoms with Gasteiger partial charge in [-0.15, -0.1) is 0 Å². The van der Waals surface area contributed by atoms with Crippen molar-refractivity contribution in [1.29, 1.82) is 0 Å². The molecular formula is C17H20N4O5S. The van der Waals surface area contributed by atoms with Gasteiger partial charge in [-0.1, -0.05) is 5.16 Å². The maximum Gasteiger partial charge on any atom is 0.236 e. The minimum Gasteiger partial charge on any atom is -0.496 e. The number of fused-ring (bicyclic) bond motifs is 1. The van der Waals surface area contributed by atoms with Crippen LogP contribution < -0.4 is 9.46 Å². The largest absolute Gasteiger partial charge is 0.496 e. The van der Waals surface area contributed by atoms with Crippen LogP contribution in [0.2, 0.25) is 0 Å². The molecule has 1 aromatic carbocycles. The fraction of sp³-hybridized carbons (Fsp3) is 0.412. The van der Waals surface area contributed by atoms with Crippen molar-refractivity contribution in [2.75, 3.05) is 24.2 Å². The fourth-order valence-electron chi connectivity index (χ4n) is 3.20. The standard InChI is InChI=1S/C17H20N4O5S/c1-24-14-8-12(10-21-6-3-5-18-21)9-15-16(14)17(19-26-15)20-27(22,23)11-13-4-2-7-25-13/h3,5-6,8-9,13H,2,4,7,10-11H2,1H3,(H,19,20).